The first-order chi connectivity index (χ1) is 12.4. The van der Waals surface area contributed by atoms with Gasteiger partial charge in [0.2, 0.25) is 5.91 Å². The van der Waals surface area contributed by atoms with Crippen LogP contribution in [0.5, 0.6) is 0 Å². The smallest absolute Gasteiger partial charge is 0.317 e. The number of hydrogen-bond donors (Lipinski definition) is 1. The fraction of sp³-hybridized carbons (Fsp3) is 0.556. The summed E-state index contributed by atoms with van der Waals surface area (Å²) in [5, 5.41) is 9.49. The molecule has 142 valence electrons. The van der Waals surface area contributed by atoms with Crippen molar-refractivity contribution in [1.82, 2.24) is 9.80 Å². The minimum absolute atomic E-state index is 0.0231. The van der Waals surface area contributed by atoms with E-state index in [4.69, 9.17) is 21.4 Å². The number of halogens is 1. The lowest BCUT2D eigenvalue weighted by Crippen LogP contribution is -2.53. The molecular formula is C18H24ClN3O4. The molecule has 0 radical (unpaired) electrons. The molecule has 2 heterocycles. The summed E-state index contributed by atoms with van der Waals surface area (Å²) in [4.78, 5) is 29.4. The number of nitrogens with zero attached hydrogens (tertiary/aromatic N) is 3. The highest BCUT2D eigenvalue weighted by molar-refractivity contribution is 6.31. The van der Waals surface area contributed by atoms with Gasteiger partial charge in [-0.1, -0.05) is 17.7 Å². The van der Waals surface area contributed by atoms with E-state index >= 15 is 0 Å². The Morgan fingerprint density at radius 3 is 2.96 bits per heavy atom. The fourth-order valence-corrected chi connectivity index (χ4v) is 3.87. The van der Waals surface area contributed by atoms with Crippen LogP contribution in [0.15, 0.2) is 24.3 Å². The van der Waals surface area contributed by atoms with Crippen molar-refractivity contribution < 1.29 is 19.4 Å². The van der Waals surface area contributed by atoms with Crippen molar-refractivity contribution in [2.45, 2.75) is 18.6 Å². The van der Waals surface area contributed by atoms with E-state index in [0.29, 0.717) is 37.8 Å². The molecule has 2 unspecified atom stereocenters. The van der Waals surface area contributed by atoms with E-state index in [1.807, 2.05) is 18.2 Å². The van der Waals surface area contributed by atoms with Crippen LogP contribution in [0.25, 0.3) is 0 Å². The van der Waals surface area contributed by atoms with Gasteiger partial charge in [-0.3, -0.25) is 19.4 Å². The highest BCUT2D eigenvalue weighted by atomic mass is 35.5. The number of carboxylic acid groups (broad SMARTS) is 1. The molecule has 2 aliphatic rings. The van der Waals surface area contributed by atoms with Crippen molar-refractivity contribution in [2.24, 2.45) is 0 Å². The van der Waals surface area contributed by atoms with Crippen molar-refractivity contribution in [1.29, 1.82) is 0 Å². The van der Waals surface area contributed by atoms with Gasteiger partial charge >= 0.3 is 5.97 Å². The zero-order valence-electron chi connectivity index (χ0n) is 14.8. The summed E-state index contributed by atoms with van der Waals surface area (Å²) < 4.78 is 5.76. The monoisotopic (exact) mass is 381 g/mol. The van der Waals surface area contributed by atoms with E-state index in [1.54, 1.807) is 22.9 Å². The maximum absolute atomic E-state index is 12.9. The van der Waals surface area contributed by atoms with Crippen molar-refractivity contribution in [3.05, 3.63) is 29.3 Å². The largest absolute Gasteiger partial charge is 0.480 e. The summed E-state index contributed by atoms with van der Waals surface area (Å²) in [6.07, 6.45) is 0.671. The lowest BCUT2D eigenvalue weighted by Gasteiger charge is -2.37. The van der Waals surface area contributed by atoms with Crippen LogP contribution in [0.1, 0.15) is 6.42 Å². The minimum Gasteiger partial charge on any atom is -0.480 e. The normalized spacial score (nSPS) is 24.4. The van der Waals surface area contributed by atoms with Crippen LogP contribution in [-0.2, 0) is 14.3 Å². The molecule has 7 nitrogen and oxygen atoms in total. The topological polar surface area (TPSA) is 73.3 Å². The van der Waals surface area contributed by atoms with Crippen molar-refractivity contribution in [3.8, 4) is 0 Å². The van der Waals surface area contributed by atoms with Crippen LogP contribution < -0.4 is 4.90 Å². The molecule has 0 bridgehead atoms. The zero-order chi connectivity index (χ0) is 18.7. The van der Waals surface area contributed by atoms with Gasteiger partial charge in [0.25, 0.3) is 0 Å². The van der Waals surface area contributed by atoms with Gasteiger partial charge in [0, 0.05) is 36.9 Å². The van der Waals surface area contributed by atoms with Gasteiger partial charge in [0.1, 0.15) is 0 Å². The van der Waals surface area contributed by atoms with E-state index in [-0.39, 0.29) is 24.6 Å². The molecule has 1 N–H and O–H groups in total. The van der Waals surface area contributed by atoms with E-state index in [0.717, 1.165) is 12.1 Å². The van der Waals surface area contributed by atoms with Gasteiger partial charge in [-0.25, -0.2) is 0 Å². The summed E-state index contributed by atoms with van der Waals surface area (Å²) >= 11 is 6.05. The third-order valence-electron chi connectivity index (χ3n) is 4.83. The number of hydrogen-bond acceptors (Lipinski definition) is 5. The van der Waals surface area contributed by atoms with Crippen LogP contribution in [-0.4, -0.2) is 85.3 Å². The number of morpholine rings is 1. The molecule has 1 amide bonds. The lowest BCUT2D eigenvalue weighted by molar-refractivity contribution is -0.138. The lowest BCUT2D eigenvalue weighted by atomic mass is 10.1. The van der Waals surface area contributed by atoms with Crippen molar-refractivity contribution in [2.75, 3.05) is 51.3 Å². The molecule has 2 aliphatic heterocycles. The summed E-state index contributed by atoms with van der Waals surface area (Å²) in [6.45, 7) is 3.06. The Kier molecular flexibility index (Phi) is 6.13. The number of carbonyl (C=O) groups excluding carboxylic acids is 1. The van der Waals surface area contributed by atoms with Gasteiger partial charge in [0.05, 0.1) is 25.3 Å². The van der Waals surface area contributed by atoms with Crippen LogP contribution in [0.4, 0.5) is 5.69 Å². The number of ether oxygens (including phenoxy) is 1. The molecular weight excluding hydrogens is 358 g/mol. The van der Waals surface area contributed by atoms with Gasteiger partial charge in [-0.05, 0) is 31.7 Å². The van der Waals surface area contributed by atoms with Crippen LogP contribution in [0.2, 0.25) is 5.02 Å². The fourth-order valence-electron chi connectivity index (χ4n) is 3.68. The summed E-state index contributed by atoms with van der Waals surface area (Å²) in [5.74, 6) is -0.768. The highest BCUT2D eigenvalue weighted by Gasteiger charge is 2.38. The Hall–Kier alpha value is -1.67. The quantitative estimate of drug-likeness (QED) is 0.797. The van der Waals surface area contributed by atoms with Crippen LogP contribution >= 0.6 is 11.6 Å². The third-order valence-corrected chi connectivity index (χ3v) is 5.06. The van der Waals surface area contributed by atoms with Crippen LogP contribution in [0, 0.1) is 0 Å². The van der Waals surface area contributed by atoms with Gasteiger partial charge in [-0.15, -0.1) is 0 Å². The number of likely N-dealkylation sites (N-methyl/N-ethyl adjacent to an activating group) is 1. The number of carbonyl (C=O) groups is 2. The molecule has 0 aliphatic carbocycles. The Labute approximate surface area is 158 Å². The Morgan fingerprint density at radius 1 is 1.42 bits per heavy atom. The maximum Gasteiger partial charge on any atom is 0.317 e. The molecule has 2 atom stereocenters. The Balaban J connectivity index is 1.60. The number of aliphatic carboxylic acids is 1. The average molecular weight is 382 g/mol. The van der Waals surface area contributed by atoms with E-state index in [2.05, 4.69) is 4.90 Å². The van der Waals surface area contributed by atoms with Crippen molar-refractivity contribution >= 4 is 29.2 Å². The average Bonchev–Trinajstić information content (AvgIpc) is 2.96. The molecule has 8 heteroatoms. The second-order valence-corrected chi connectivity index (χ2v) is 7.29. The molecule has 26 heavy (non-hydrogen) atoms. The third kappa shape index (κ3) is 4.54. The van der Waals surface area contributed by atoms with Gasteiger partial charge in [0.15, 0.2) is 0 Å². The number of amides is 1. The first kappa shape index (κ1) is 19.1. The maximum atomic E-state index is 12.9. The summed E-state index contributed by atoms with van der Waals surface area (Å²) in [7, 11) is 1.76. The number of anilines is 1. The molecule has 1 aromatic carbocycles. The number of rotatable bonds is 6. The summed E-state index contributed by atoms with van der Waals surface area (Å²) in [5.41, 5.74) is 0.830. The summed E-state index contributed by atoms with van der Waals surface area (Å²) in [6, 6.07) is 7.19. The molecule has 2 fully saturated rings. The second-order valence-electron chi connectivity index (χ2n) is 6.85. The molecule has 0 aromatic heterocycles. The van der Waals surface area contributed by atoms with Crippen molar-refractivity contribution in [3.63, 3.8) is 0 Å². The van der Waals surface area contributed by atoms with E-state index < -0.39 is 5.97 Å². The standard InChI is InChI=1S/C18H24ClN3O4/c1-20(12-17(23)24)10-15-11-21(7-8-26-15)16-5-6-22(18(16)25)14-4-2-3-13(19)9-14/h2-4,9,15-16H,5-8,10-12H2,1H3,(H,23,24). The SMILES string of the molecule is CN(CC(=O)O)CC1CN(C2CCN(c3cccc(Cl)c3)C2=O)CCO1. The molecule has 3 rings (SSSR count). The predicted octanol–water partition coefficient (Wildman–Crippen LogP) is 1.16. The molecule has 0 spiro atoms. The predicted molar refractivity (Wildman–Crippen MR) is 98.7 cm³/mol. The zero-order valence-corrected chi connectivity index (χ0v) is 15.6. The Morgan fingerprint density at radius 2 is 2.23 bits per heavy atom. The molecule has 1 aromatic rings. The Bertz CT molecular complexity index is 672. The van der Waals surface area contributed by atoms with E-state index in [1.165, 1.54) is 0 Å². The molecule has 0 saturated carbocycles. The highest BCUT2D eigenvalue weighted by Crippen LogP contribution is 2.27. The number of benzene rings is 1. The van der Waals surface area contributed by atoms with Crippen LogP contribution in [0.3, 0.4) is 0 Å². The number of carboxylic acids is 1. The first-order valence-electron chi connectivity index (χ1n) is 8.77. The van der Waals surface area contributed by atoms with E-state index in [9.17, 15) is 9.59 Å². The first-order valence-corrected chi connectivity index (χ1v) is 9.15. The van der Waals surface area contributed by atoms with Gasteiger partial charge in [-0.2, -0.15) is 0 Å². The van der Waals surface area contributed by atoms with Gasteiger partial charge < -0.3 is 14.7 Å². The minimum atomic E-state index is -0.858. The second kappa shape index (κ2) is 8.35. The molecule has 2 saturated heterocycles.